The average molecular weight is 530 g/mol. The molecule has 1 unspecified atom stereocenters. The van der Waals surface area contributed by atoms with Crippen molar-refractivity contribution in [1.29, 1.82) is 0 Å². The van der Waals surface area contributed by atoms with Gasteiger partial charge < -0.3 is 19.9 Å². The smallest absolute Gasteiger partial charge is 0.192 e. The van der Waals surface area contributed by atoms with Crippen LogP contribution in [-0.2, 0) is 18.3 Å². The van der Waals surface area contributed by atoms with Gasteiger partial charge in [0.1, 0.15) is 12.4 Å². The Morgan fingerprint density at radius 3 is 2.43 bits per heavy atom. The maximum atomic E-state index is 6.29. The minimum atomic E-state index is 0. The number of rotatable bonds is 4. The predicted molar refractivity (Wildman–Crippen MR) is 130 cm³/mol. The van der Waals surface area contributed by atoms with E-state index in [1.165, 1.54) is 64.2 Å². The van der Waals surface area contributed by atoms with E-state index in [0.29, 0.717) is 18.6 Å². The second kappa shape index (κ2) is 11.1. The summed E-state index contributed by atoms with van der Waals surface area (Å²) in [4.78, 5) is 4.92. The summed E-state index contributed by atoms with van der Waals surface area (Å²) in [6.07, 6.45) is 15.0. The van der Waals surface area contributed by atoms with Crippen LogP contribution >= 0.6 is 24.0 Å². The lowest BCUT2D eigenvalue weighted by Gasteiger charge is -2.44. The van der Waals surface area contributed by atoms with Crippen LogP contribution in [-0.4, -0.2) is 45.0 Å². The van der Waals surface area contributed by atoms with Crippen molar-refractivity contribution in [3.8, 4) is 0 Å². The van der Waals surface area contributed by atoms with E-state index >= 15 is 0 Å². The number of nitrogens with one attached hydrogen (secondary N) is 2. The Hall–Kier alpha value is -0.900. The monoisotopic (exact) mass is 530 g/mol. The summed E-state index contributed by atoms with van der Waals surface area (Å²) >= 11 is 0. The molecule has 0 radical (unpaired) electrons. The molecule has 2 N–H and O–H groups in total. The summed E-state index contributed by atoms with van der Waals surface area (Å²) < 4.78 is 8.32. The van der Waals surface area contributed by atoms with E-state index in [4.69, 9.17) is 9.73 Å². The fourth-order valence-corrected chi connectivity index (χ4v) is 5.20. The SMILES string of the molecule is Cc1nnc(CN=C(NC2CCCCC2)NC2CCOC3(CCCCC3)C2)n1C.I. The molecule has 1 atom stereocenters. The van der Waals surface area contributed by atoms with Crippen molar-refractivity contribution in [3.63, 3.8) is 0 Å². The van der Waals surface area contributed by atoms with E-state index in [2.05, 4.69) is 20.8 Å². The van der Waals surface area contributed by atoms with Crippen molar-refractivity contribution in [2.75, 3.05) is 6.61 Å². The Bertz CT molecular complexity index is 688. The van der Waals surface area contributed by atoms with Gasteiger partial charge in [-0.25, -0.2) is 4.99 Å². The quantitative estimate of drug-likeness (QED) is 0.350. The number of hydrogen-bond acceptors (Lipinski definition) is 4. The van der Waals surface area contributed by atoms with Gasteiger partial charge in [0.15, 0.2) is 11.8 Å². The number of nitrogens with zero attached hydrogens (tertiary/aromatic N) is 4. The standard InChI is InChI=1S/C22H38N6O.HI/c1-17-26-27-20(28(17)2)16-23-21(24-18-9-5-3-6-10-18)25-19-11-14-29-22(15-19)12-7-4-8-13-22;/h18-19H,3-16H2,1-2H3,(H2,23,24,25);1H. The van der Waals surface area contributed by atoms with Crippen LogP contribution in [0.25, 0.3) is 0 Å². The van der Waals surface area contributed by atoms with Crippen LogP contribution in [0.15, 0.2) is 4.99 Å². The maximum absolute atomic E-state index is 6.29. The maximum Gasteiger partial charge on any atom is 0.192 e. The van der Waals surface area contributed by atoms with E-state index in [0.717, 1.165) is 37.1 Å². The highest BCUT2D eigenvalue weighted by molar-refractivity contribution is 14.0. The summed E-state index contributed by atoms with van der Waals surface area (Å²) in [6, 6.07) is 0.956. The molecule has 30 heavy (non-hydrogen) atoms. The number of halogens is 1. The van der Waals surface area contributed by atoms with Crippen molar-refractivity contribution in [3.05, 3.63) is 11.6 Å². The van der Waals surface area contributed by atoms with Crippen molar-refractivity contribution in [2.24, 2.45) is 12.0 Å². The topological polar surface area (TPSA) is 76.4 Å². The molecule has 2 saturated carbocycles. The van der Waals surface area contributed by atoms with E-state index in [1.807, 2.05) is 18.5 Å². The van der Waals surface area contributed by atoms with Crippen LogP contribution in [0, 0.1) is 6.92 Å². The molecule has 1 aromatic rings. The molecule has 8 heteroatoms. The van der Waals surface area contributed by atoms with Gasteiger partial charge in [-0.05, 0) is 45.4 Å². The van der Waals surface area contributed by atoms with E-state index in [1.54, 1.807) is 0 Å². The number of guanidine groups is 1. The molecule has 2 heterocycles. The first-order valence-electron chi connectivity index (χ1n) is 11.7. The Kier molecular flexibility index (Phi) is 8.80. The van der Waals surface area contributed by atoms with Crippen LogP contribution in [0.5, 0.6) is 0 Å². The van der Waals surface area contributed by atoms with E-state index < -0.39 is 0 Å². The van der Waals surface area contributed by atoms with Gasteiger partial charge in [-0.15, -0.1) is 34.2 Å². The summed E-state index contributed by atoms with van der Waals surface area (Å²) in [5.74, 6) is 2.77. The third-order valence-electron chi connectivity index (χ3n) is 7.11. The Labute approximate surface area is 198 Å². The van der Waals surface area contributed by atoms with Gasteiger partial charge in [-0.3, -0.25) is 0 Å². The van der Waals surface area contributed by atoms with Crippen LogP contribution in [0.3, 0.4) is 0 Å². The van der Waals surface area contributed by atoms with Crippen LogP contribution < -0.4 is 10.6 Å². The number of aryl methyl sites for hydroxylation is 1. The van der Waals surface area contributed by atoms with E-state index in [-0.39, 0.29) is 29.6 Å². The summed E-state index contributed by atoms with van der Waals surface area (Å²) in [5, 5.41) is 16.0. The van der Waals surface area contributed by atoms with Gasteiger partial charge in [-0.1, -0.05) is 38.5 Å². The first kappa shape index (κ1) is 23.8. The Morgan fingerprint density at radius 2 is 1.73 bits per heavy atom. The van der Waals surface area contributed by atoms with Crippen molar-refractivity contribution in [1.82, 2.24) is 25.4 Å². The molecular weight excluding hydrogens is 491 g/mol. The Morgan fingerprint density at radius 1 is 1.03 bits per heavy atom. The molecule has 3 fully saturated rings. The molecule has 1 aliphatic heterocycles. The van der Waals surface area contributed by atoms with Crippen molar-refractivity contribution < 1.29 is 4.74 Å². The minimum absolute atomic E-state index is 0. The number of ether oxygens (including phenoxy) is 1. The van der Waals surface area contributed by atoms with Gasteiger partial charge in [0.05, 0.1) is 5.60 Å². The number of aromatic nitrogens is 3. The fraction of sp³-hybridized carbons (Fsp3) is 0.864. The van der Waals surface area contributed by atoms with Crippen molar-refractivity contribution in [2.45, 2.75) is 108 Å². The van der Waals surface area contributed by atoms with Gasteiger partial charge in [0.25, 0.3) is 0 Å². The molecule has 0 bridgehead atoms. The lowest BCUT2D eigenvalue weighted by molar-refractivity contribution is -0.107. The minimum Gasteiger partial charge on any atom is -0.375 e. The highest BCUT2D eigenvalue weighted by atomic mass is 127. The van der Waals surface area contributed by atoms with Gasteiger partial charge in [-0.2, -0.15) is 0 Å². The van der Waals surface area contributed by atoms with Crippen molar-refractivity contribution >= 4 is 29.9 Å². The highest BCUT2D eigenvalue weighted by Crippen LogP contribution is 2.38. The second-order valence-corrected chi connectivity index (χ2v) is 9.29. The Balaban J connectivity index is 0.00000256. The molecule has 1 saturated heterocycles. The van der Waals surface area contributed by atoms with Gasteiger partial charge >= 0.3 is 0 Å². The fourth-order valence-electron chi connectivity index (χ4n) is 5.20. The largest absolute Gasteiger partial charge is 0.375 e. The van der Waals surface area contributed by atoms with Gasteiger partial charge in [0.2, 0.25) is 0 Å². The molecule has 4 rings (SSSR count). The molecular formula is C22H39IN6O. The molecule has 170 valence electrons. The molecule has 3 aliphatic rings. The molecule has 1 aromatic heterocycles. The first-order valence-corrected chi connectivity index (χ1v) is 11.7. The molecule has 7 nitrogen and oxygen atoms in total. The van der Waals surface area contributed by atoms with Crippen LogP contribution in [0.2, 0.25) is 0 Å². The highest BCUT2D eigenvalue weighted by Gasteiger charge is 2.38. The molecule has 1 spiro atoms. The summed E-state index contributed by atoms with van der Waals surface area (Å²) in [6.45, 7) is 3.38. The third kappa shape index (κ3) is 6.08. The lowest BCUT2D eigenvalue weighted by Crippen LogP contribution is -2.53. The lowest BCUT2D eigenvalue weighted by atomic mass is 9.78. The normalized spacial score (nSPS) is 25.0. The van der Waals surface area contributed by atoms with E-state index in [9.17, 15) is 0 Å². The van der Waals surface area contributed by atoms with Gasteiger partial charge in [0, 0.05) is 25.7 Å². The first-order chi connectivity index (χ1) is 14.1. The third-order valence-corrected chi connectivity index (χ3v) is 7.11. The molecule has 0 amide bonds. The van der Waals surface area contributed by atoms with Crippen LogP contribution in [0.4, 0.5) is 0 Å². The second-order valence-electron chi connectivity index (χ2n) is 9.29. The number of aliphatic imine (C=N–C) groups is 1. The van der Waals surface area contributed by atoms with Crippen LogP contribution in [0.1, 0.15) is 88.7 Å². The summed E-state index contributed by atoms with van der Waals surface area (Å²) in [5.41, 5.74) is 0.102. The zero-order chi connectivity index (χ0) is 20.1. The zero-order valence-electron chi connectivity index (χ0n) is 18.7. The molecule has 0 aromatic carbocycles. The average Bonchev–Trinajstić information content (AvgIpc) is 3.05. The zero-order valence-corrected chi connectivity index (χ0v) is 21.0. The summed E-state index contributed by atoms with van der Waals surface area (Å²) in [7, 11) is 2.01. The predicted octanol–water partition coefficient (Wildman–Crippen LogP) is 3.99. The molecule has 2 aliphatic carbocycles. The number of hydrogen-bond donors (Lipinski definition) is 2.